The first-order valence-corrected chi connectivity index (χ1v) is 8.05. The summed E-state index contributed by atoms with van der Waals surface area (Å²) in [5, 5.41) is 8.60. The van der Waals surface area contributed by atoms with Crippen molar-refractivity contribution in [3.8, 4) is 5.69 Å². The van der Waals surface area contributed by atoms with Crippen molar-refractivity contribution in [1.29, 1.82) is 0 Å². The van der Waals surface area contributed by atoms with Crippen molar-refractivity contribution in [2.24, 2.45) is 0 Å². The molecule has 124 valence electrons. The van der Waals surface area contributed by atoms with Crippen molar-refractivity contribution in [1.82, 2.24) is 19.7 Å². The molecule has 1 saturated heterocycles. The zero-order valence-corrected chi connectivity index (χ0v) is 13.4. The number of fused-ring (bicyclic) bond motifs is 1. The van der Waals surface area contributed by atoms with Crippen molar-refractivity contribution < 1.29 is 9.13 Å². The summed E-state index contributed by atoms with van der Waals surface area (Å²) in [7, 11) is 0. The van der Waals surface area contributed by atoms with Crippen LogP contribution in [0.3, 0.4) is 0 Å². The van der Waals surface area contributed by atoms with Gasteiger partial charge in [0, 0.05) is 13.2 Å². The number of para-hydroxylation sites is 1. The maximum absolute atomic E-state index is 14.1. The average molecular weight is 327 g/mol. The summed E-state index contributed by atoms with van der Waals surface area (Å²) in [6.07, 6.45) is 3.82. The second kappa shape index (κ2) is 6.16. The van der Waals surface area contributed by atoms with Gasteiger partial charge in [0.1, 0.15) is 23.6 Å². The van der Waals surface area contributed by atoms with Gasteiger partial charge in [-0.15, -0.1) is 0 Å². The van der Waals surface area contributed by atoms with Gasteiger partial charge in [0.05, 0.1) is 17.2 Å². The van der Waals surface area contributed by atoms with Crippen LogP contribution in [0.2, 0.25) is 0 Å². The molecular weight excluding hydrogens is 309 g/mol. The number of hydrogen-bond donors (Lipinski definition) is 1. The zero-order chi connectivity index (χ0) is 16.5. The van der Waals surface area contributed by atoms with Gasteiger partial charge < -0.3 is 10.1 Å². The van der Waals surface area contributed by atoms with Crippen molar-refractivity contribution in [3.63, 3.8) is 0 Å². The third-order valence-corrected chi connectivity index (χ3v) is 4.24. The number of rotatable bonds is 4. The van der Waals surface area contributed by atoms with Crippen LogP contribution in [0.1, 0.15) is 18.5 Å². The molecule has 3 heterocycles. The molecule has 0 aliphatic carbocycles. The highest BCUT2D eigenvalue weighted by atomic mass is 19.1. The van der Waals surface area contributed by atoms with E-state index < -0.39 is 0 Å². The molecule has 7 heteroatoms. The molecule has 6 nitrogen and oxygen atoms in total. The average Bonchev–Trinajstić information content (AvgIpc) is 3.22. The van der Waals surface area contributed by atoms with E-state index in [1.807, 2.05) is 6.92 Å². The number of anilines is 1. The summed E-state index contributed by atoms with van der Waals surface area (Å²) < 4.78 is 21.3. The summed E-state index contributed by atoms with van der Waals surface area (Å²) >= 11 is 0. The third kappa shape index (κ3) is 2.60. The summed E-state index contributed by atoms with van der Waals surface area (Å²) in [6, 6.07) is 6.53. The number of aryl methyl sites for hydroxylation is 1. The summed E-state index contributed by atoms with van der Waals surface area (Å²) in [4.78, 5) is 8.64. The van der Waals surface area contributed by atoms with Crippen LogP contribution in [0.4, 0.5) is 10.2 Å². The maximum atomic E-state index is 14.1. The SMILES string of the molecule is Cc1nn(-c2ccccc2F)c2ncnc(NCC3CCCO3)c12. The highest BCUT2D eigenvalue weighted by Crippen LogP contribution is 2.26. The van der Waals surface area contributed by atoms with Gasteiger partial charge in [0.15, 0.2) is 5.65 Å². The molecule has 0 saturated carbocycles. The van der Waals surface area contributed by atoms with Gasteiger partial charge in [-0.3, -0.25) is 0 Å². The normalized spacial score (nSPS) is 17.5. The van der Waals surface area contributed by atoms with Crippen LogP contribution >= 0.6 is 0 Å². The lowest BCUT2D eigenvalue weighted by Gasteiger charge is -2.11. The van der Waals surface area contributed by atoms with Gasteiger partial charge >= 0.3 is 0 Å². The van der Waals surface area contributed by atoms with E-state index in [-0.39, 0.29) is 11.9 Å². The van der Waals surface area contributed by atoms with Crippen LogP contribution in [0.25, 0.3) is 16.7 Å². The van der Waals surface area contributed by atoms with Crippen molar-refractivity contribution in [2.45, 2.75) is 25.9 Å². The lowest BCUT2D eigenvalue weighted by molar-refractivity contribution is 0.120. The Morgan fingerprint density at radius 3 is 3.00 bits per heavy atom. The minimum Gasteiger partial charge on any atom is -0.376 e. The fraction of sp³-hybridized carbons (Fsp3) is 0.353. The van der Waals surface area contributed by atoms with E-state index in [0.29, 0.717) is 23.7 Å². The minimum absolute atomic E-state index is 0.205. The van der Waals surface area contributed by atoms with Crippen LogP contribution in [-0.4, -0.2) is 39.0 Å². The number of ether oxygens (including phenoxy) is 1. The van der Waals surface area contributed by atoms with Crippen LogP contribution in [-0.2, 0) is 4.74 Å². The highest BCUT2D eigenvalue weighted by molar-refractivity contribution is 5.90. The lowest BCUT2D eigenvalue weighted by atomic mass is 10.2. The molecule has 1 fully saturated rings. The first kappa shape index (κ1) is 15.0. The Hall–Kier alpha value is -2.54. The molecule has 0 bridgehead atoms. The Bertz CT molecular complexity index is 873. The van der Waals surface area contributed by atoms with Gasteiger partial charge in [0.25, 0.3) is 0 Å². The second-order valence-corrected chi connectivity index (χ2v) is 5.89. The summed E-state index contributed by atoms with van der Waals surface area (Å²) in [5.74, 6) is 0.366. The van der Waals surface area contributed by atoms with E-state index in [2.05, 4.69) is 20.4 Å². The molecule has 3 aromatic rings. The fourth-order valence-corrected chi connectivity index (χ4v) is 3.06. The van der Waals surface area contributed by atoms with Gasteiger partial charge in [-0.05, 0) is 31.9 Å². The molecule has 4 rings (SSSR count). The summed E-state index contributed by atoms with van der Waals surface area (Å²) in [5.41, 5.74) is 1.71. The van der Waals surface area contributed by atoms with Crippen molar-refractivity contribution in [3.05, 3.63) is 42.1 Å². The van der Waals surface area contributed by atoms with E-state index in [1.165, 1.54) is 17.1 Å². The van der Waals surface area contributed by atoms with Gasteiger partial charge in [0.2, 0.25) is 0 Å². The van der Waals surface area contributed by atoms with Crippen LogP contribution in [0.5, 0.6) is 0 Å². The highest BCUT2D eigenvalue weighted by Gasteiger charge is 2.19. The Kier molecular flexibility index (Phi) is 3.86. The molecule has 1 aromatic carbocycles. The molecule has 24 heavy (non-hydrogen) atoms. The quantitative estimate of drug-likeness (QED) is 0.798. The van der Waals surface area contributed by atoms with Gasteiger partial charge in [-0.2, -0.15) is 5.10 Å². The molecule has 1 aliphatic rings. The predicted octanol–water partition coefficient (Wildman–Crippen LogP) is 2.85. The Labute approximate surface area is 138 Å². The number of benzene rings is 1. The van der Waals surface area contributed by atoms with Gasteiger partial charge in [-0.25, -0.2) is 19.0 Å². The topological polar surface area (TPSA) is 64.9 Å². The Morgan fingerprint density at radius 1 is 1.33 bits per heavy atom. The second-order valence-electron chi connectivity index (χ2n) is 5.89. The van der Waals surface area contributed by atoms with E-state index >= 15 is 0 Å². The molecular formula is C17H18FN5O. The van der Waals surface area contributed by atoms with E-state index in [9.17, 15) is 4.39 Å². The zero-order valence-electron chi connectivity index (χ0n) is 13.4. The van der Waals surface area contributed by atoms with Crippen LogP contribution < -0.4 is 5.32 Å². The maximum Gasteiger partial charge on any atom is 0.168 e. The number of aromatic nitrogens is 4. The number of hydrogen-bond acceptors (Lipinski definition) is 5. The van der Waals surface area contributed by atoms with Crippen molar-refractivity contribution >= 4 is 16.9 Å². The molecule has 0 spiro atoms. The predicted molar refractivity (Wildman–Crippen MR) is 88.8 cm³/mol. The molecule has 2 aromatic heterocycles. The Balaban J connectivity index is 1.74. The third-order valence-electron chi connectivity index (χ3n) is 4.24. The number of halogens is 1. The molecule has 1 unspecified atom stereocenters. The lowest BCUT2D eigenvalue weighted by Crippen LogP contribution is -2.19. The molecule has 1 N–H and O–H groups in total. The van der Waals surface area contributed by atoms with E-state index in [1.54, 1.807) is 18.2 Å². The molecule has 1 aliphatic heterocycles. The van der Waals surface area contributed by atoms with Gasteiger partial charge in [-0.1, -0.05) is 12.1 Å². The monoisotopic (exact) mass is 327 g/mol. The first-order chi connectivity index (χ1) is 11.7. The standard InChI is InChI=1S/C17H18FN5O/c1-11-15-16(19-9-12-5-4-8-24-12)20-10-21-17(15)23(22-11)14-7-3-2-6-13(14)18/h2-3,6-7,10,12H,4-5,8-9H2,1H3,(H,19,20,21). The largest absolute Gasteiger partial charge is 0.376 e. The van der Waals surface area contributed by atoms with Crippen LogP contribution in [0, 0.1) is 12.7 Å². The molecule has 0 radical (unpaired) electrons. The molecule has 0 amide bonds. The number of nitrogens with one attached hydrogen (secondary N) is 1. The summed E-state index contributed by atoms with van der Waals surface area (Å²) in [6.45, 7) is 3.38. The van der Waals surface area contributed by atoms with Crippen LogP contribution in [0.15, 0.2) is 30.6 Å². The van der Waals surface area contributed by atoms with E-state index in [4.69, 9.17) is 4.74 Å². The minimum atomic E-state index is -0.339. The smallest absolute Gasteiger partial charge is 0.168 e. The first-order valence-electron chi connectivity index (χ1n) is 8.05. The van der Waals surface area contributed by atoms with E-state index in [0.717, 1.165) is 30.5 Å². The fourth-order valence-electron chi connectivity index (χ4n) is 3.06. The Morgan fingerprint density at radius 2 is 2.21 bits per heavy atom. The number of nitrogens with zero attached hydrogens (tertiary/aromatic N) is 4. The molecule has 1 atom stereocenters. The van der Waals surface area contributed by atoms with Crippen molar-refractivity contribution in [2.75, 3.05) is 18.5 Å².